The van der Waals surface area contributed by atoms with E-state index in [0.717, 1.165) is 25.7 Å². The van der Waals surface area contributed by atoms with Gasteiger partial charge in [-0.3, -0.25) is 4.79 Å². The van der Waals surface area contributed by atoms with Crippen molar-refractivity contribution in [3.8, 4) is 5.75 Å². The molecule has 0 aromatic heterocycles. The van der Waals surface area contributed by atoms with Crippen LogP contribution in [0.25, 0.3) is 0 Å². The van der Waals surface area contributed by atoms with Crippen molar-refractivity contribution in [3.63, 3.8) is 0 Å². The van der Waals surface area contributed by atoms with E-state index in [1.165, 1.54) is 0 Å². The van der Waals surface area contributed by atoms with Crippen LogP contribution in [0.1, 0.15) is 32.6 Å². The van der Waals surface area contributed by atoms with Gasteiger partial charge in [0, 0.05) is 19.1 Å². The molecule has 2 amide bonds. The van der Waals surface area contributed by atoms with Crippen molar-refractivity contribution < 1.29 is 19.1 Å². The van der Waals surface area contributed by atoms with Crippen LogP contribution in [0.3, 0.4) is 0 Å². The number of rotatable bonds is 7. The van der Waals surface area contributed by atoms with Gasteiger partial charge in [0.1, 0.15) is 5.75 Å². The van der Waals surface area contributed by atoms with E-state index in [1.807, 2.05) is 30.3 Å². The van der Waals surface area contributed by atoms with Crippen LogP contribution in [0.4, 0.5) is 4.79 Å². The van der Waals surface area contributed by atoms with Crippen molar-refractivity contribution in [1.82, 2.24) is 10.2 Å². The Balaban J connectivity index is 1.63. The van der Waals surface area contributed by atoms with E-state index < -0.39 is 0 Å². The first kappa shape index (κ1) is 18.1. The van der Waals surface area contributed by atoms with E-state index in [4.69, 9.17) is 9.47 Å². The minimum absolute atomic E-state index is 0.00326. The monoisotopic (exact) mass is 334 g/mol. The van der Waals surface area contributed by atoms with Crippen molar-refractivity contribution >= 4 is 12.0 Å². The van der Waals surface area contributed by atoms with Crippen LogP contribution in [-0.4, -0.2) is 49.2 Å². The van der Waals surface area contributed by atoms with Crippen LogP contribution >= 0.6 is 0 Å². The van der Waals surface area contributed by atoms with Gasteiger partial charge in [0.05, 0.1) is 6.61 Å². The third-order valence-corrected chi connectivity index (χ3v) is 3.95. The second kappa shape index (κ2) is 9.80. The molecule has 1 saturated heterocycles. The lowest BCUT2D eigenvalue weighted by molar-refractivity contribution is -0.124. The molecule has 132 valence electrons. The number of amides is 2. The average molecular weight is 334 g/mol. The molecule has 6 heteroatoms. The zero-order chi connectivity index (χ0) is 17.2. The van der Waals surface area contributed by atoms with Gasteiger partial charge in [-0.2, -0.15) is 0 Å². The third-order valence-electron chi connectivity index (χ3n) is 3.95. The molecule has 0 aliphatic carbocycles. The first-order valence-corrected chi connectivity index (χ1v) is 8.58. The van der Waals surface area contributed by atoms with Gasteiger partial charge in [0.15, 0.2) is 6.61 Å². The molecule has 6 nitrogen and oxygen atoms in total. The maximum Gasteiger partial charge on any atom is 0.409 e. The standard InChI is InChI=1S/C18H26N2O4/c1-2-3-13-23-18(22)20-11-9-15(10-12-20)19-17(21)14-24-16-7-5-4-6-8-16/h4-8,15H,2-3,9-14H2,1H3,(H,19,21). The smallest absolute Gasteiger partial charge is 0.409 e. The molecule has 1 fully saturated rings. The summed E-state index contributed by atoms with van der Waals surface area (Å²) in [6.45, 7) is 3.75. The molecule has 0 spiro atoms. The molecular weight excluding hydrogens is 308 g/mol. The van der Waals surface area contributed by atoms with Gasteiger partial charge >= 0.3 is 6.09 Å². The summed E-state index contributed by atoms with van der Waals surface area (Å²) in [4.78, 5) is 25.5. The fourth-order valence-electron chi connectivity index (χ4n) is 2.54. The van der Waals surface area contributed by atoms with Crippen molar-refractivity contribution in [3.05, 3.63) is 30.3 Å². The fourth-order valence-corrected chi connectivity index (χ4v) is 2.54. The van der Waals surface area contributed by atoms with Gasteiger partial charge in [-0.25, -0.2) is 4.79 Å². The topological polar surface area (TPSA) is 67.9 Å². The number of nitrogens with zero attached hydrogens (tertiary/aromatic N) is 1. The van der Waals surface area contributed by atoms with E-state index in [0.29, 0.717) is 25.4 Å². The average Bonchev–Trinajstić information content (AvgIpc) is 2.61. The SMILES string of the molecule is CCCCOC(=O)N1CCC(NC(=O)COc2ccccc2)CC1. The van der Waals surface area contributed by atoms with E-state index in [9.17, 15) is 9.59 Å². The van der Waals surface area contributed by atoms with Gasteiger partial charge in [0.2, 0.25) is 0 Å². The number of para-hydroxylation sites is 1. The van der Waals surface area contributed by atoms with Crippen molar-refractivity contribution in [2.45, 2.75) is 38.6 Å². The Labute approximate surface area is 143 Å². The van der Waals surface area contributed by atoms with Crippen LogP contribution in [0.15, 0.2) is 30.3 Å². The Hall–Kier alpha value is -2.24. The maximum atomic E-state index is 11.9. The highest BCUT2D eigenvalue weighted by molar-refractivity contribution is 5.77. The Morgan fingerprint density at radius 1 is 1.21 bits per heavy atom. The summed E-state index contributed by atoms with van der Waals surface area (Å²) in [5, 5.41) is 2.96. The minimum Gasteiger partial charge on any atom is -0.484 e. The van der Waals surface area contributed by atoms with Gasteiger partial charge in [-0.05, 0) is 31.4 Å². The number of piperidine rings is 1. The lowest BCUT2D eigenvalue weighted by Crippen LogP contribution is -2.47. The summed E-state index contributed by atoms with van der Waals surface area (Å²) in [6, 6.07) is 9.34. The summed E-state index contributed by atoms with van der Waals surface area (Å²) in [5.41, 5.74) is 0. The maximum absolute atomic E-state index is 11.9. The third kappa shape index (κ3) is 6.10. The van der Waals surface area contributed by atoms with Gasteiger partial charge < -0.3 is 19.7 Å². The number of hydrogen-bond donors (Lipinski definition) is 1. The van der Waals surface area contributed by atoms with Gasteiger partial charge in [0.25, 0.3) is 5.91 Å². The van der Waals surface area contributed by atoms with Crippen LogP contribution in [0.2, 0.25) is 0 Å². The number of hydrogen-bond acceptors (Lipinski definition) is 4. The van der Waals surface area contributed by atoms with Crippen molar-refractivity contribution in [1.29, 1.82) is 0 Å². The fraction of sp³-hybridized carbons (Fsp3) is 0.556. The van der Waals surface area contributed by atoms with Crippen LogP contribution in [0, 0.1) is 0 Å². The highest BCUT2D eigenvalue weighted by Crippen LogP contribution is 2.12. The van der Waals surface area contributed by atoms with Crippen molar-refractivity contribution in [2.24, 2.45) is 0 Å². The summed E-state index contributed by atoms with van der Waals surface area (Å²) < 4.78 is 10.6. The normalized spacial score (nSPS) is 15.0. The molecule has 24 heavy (non-hydrogen) atoms. The molecule has 1 aliphatic rings. The summed E-state index contributed by atoms with van der Waals surface area (Å²) >= 11 is 0. The van der Waals surface area contributed by atoms with Gasteiger partial charge in [-0.1, -0.05) is 31.5 Å². The van der Waals surface area contributed by atoms with Gasteiger partial charge in [-0.15, -0.1) is 0 Å². The molecule has 1 heterocycles. The quantitative estimate of drug-likeness (QED) is 0.778. The second-order valence-electron chi connectivity index (χ2n) is 5.90. The molecule has 0 saturated carbocycles. The predicted molar refractivity (Wildman–Crippen MR) is 90.9 cm³/mol. The predicted octanol–water partition coefficient (Wildman–Crippen LogP) is 2.58. The molecule has 0 bridgehead atoms. The molecule has 2 rings (SSSR count). The Bertz CT molecular complexity index is 513. The molecular formula is C18H26N2O4. The number of unbranched alkanes of at least 4 members (excludes halogenated alkanes) is 1. The second-order valence-corrected chi connectivity index (χ2v) is 5.90. The highest BCUT2D eigenvalue weighted by atomic mass is 16.6. The largest absolute Gasteiger partial charge is 0.484 e. The molecule has 1 N–H and O–H groups in total. The van der Waals surface area contributed by atoms with Crippen LogP contribution < -0.4 is 10.1 Å². The summed E-state index contributed by atoms with van der Waals surface area (Å²) in [6.07, 6.45) is 3.12. The Kier molecular flexibility index (Phi) is 7.39. The number of ether oxygens (including phenoxy) is 2. The van der Waals surface area contributed by atoms with E-state index >= 15 is 0 Å². The van der Waals surface area contributed by atoms with E-state index in [1.54, 1.807) is 4.90 Å². The zero-order valence-electron chi connectivity index (χ0n) is 14.2. The Morgan fingerprint density at radius 2 is 1.92 bits per heavy atom. The molecule has 0 atom stereocenters. The lowest BCUT2D eigenvalue weighted by atomic mass is 10.1. The van der Waals surface area contributed by atoms with Crippen LogP contribution in [-0.2, 0) is 9.53 Å². The first-order valence-electron chi connectivity index (χ1n) is 8.58. The number of nitrogens with one attached hydrogen (secondary N) is 1. The van der Waals surface area contributed by atoms with E-state index in [2.05, 4.69) is 12.2 Å². The number of benzene rings is 1. The number of carbonyl (C=O) groups excluding carboxylic acids is 2. The molecule has 0 radical (unpaired) electrons. The van der Waals surface area contributed by atoms with Crippen molar-refractivity contribution in [2.75, 3.05) is 26.3 Å². The zero-order valence-corrected chi connectivity index (χ0v) is 14.2. The molecule has 0 unspecified atom stereocenters. The summed E-state index contributed by atoms with van der Waals surface area (Å²) in [5.74, 6) is 0.542. The highest BCUT2D eigenvalue weighted by Gasteiger charge is 2.24. The number of likely N-dealkylation sites (tertiary alicyclic amines) is 1. The Morgan fingerprint density at radius 3 is 2.58 bits per heavy atom. The molecule has 1 aromatic rings. The summed E-state index contributed by atoms with van der Waals surface area (Å²) in [7, 11) is 0. The van der Waals surface area contributed by atoms with E-state index in [-0.39, 0.29) is 24.6 Å². The number of carbonyl (C=O) groups is 2. The lowest BCUT2D eigenvalue weighted by Gasteiger charge is -2.31. The molecule has 1 aromatic carbocycles. The minimum atomic E-state index is -0.249. The van der Waals surface area contributed by atoms with Crippen LogP contribution in [0.5, 0.6) is 5.75 Å². The first-order chi connectivity index (χ1) is 11.7. The molecule has 1 aliphatic heterocycles.